The molecule has 0 saturated heterocycles. The first kappa shape index (κ1) is 16.9. The molecule has 1 amide bonds. The number of H-pyrrole nitrogens is 1. The highest BCUT2D eigenvalue weighted by molar-refractivity contribution is 5.94. The molecule has 1 aromatic heterocycles. The zero-order valence-corrected chi connectivity index (χ0v) is 13.1. The van der Waals surface area contributed by atoms with Gasteiger partial charge in [-0.05, 0) is 53.4 Å². The number of carbonyl (C=O) groups excluding carboxylic acids is 1. The van der Waals surface area contributed by atoms with Gasteiger partial charge in [0.2, 0.25) is 0 Å². The van der Waals surface area contributed by atoms with Crippen LogP contribution >= 0.6 is 0 Å². The normalized spacial score (nSPS) is 11.5. The predicted molar refractivity (Wildman–Crippen MR) is 87.5 cm³/mol. The van der Waals surface area contributed by atoms with Crippen molar-refractivity contribution in [1.82, 2.24) is 10.3 Å². The fourth-order valence-corrected chi connectivity index (χ4v) is 2.36. The van der Waals surface area contributed by atoms with Gasteiger partial charge in [-0.2, -0.15) is 13.2 Å². The second-order valence-corrected chi connectivity index (χ2v) is 5.51. The van der Waals surface area contributed by atoms with Gasteiger partial charge in [-0.15, -0.1) is 0 Å². The van der Waals surface area contributed by atoms with Gasteiger partial charge < -0.3 is 15.0 Å². The Morgan fingerprint density at radius 2 is 1.84 bits per heavy atom. The molecule has 25 heavy (non-hydrogen) atoms. The Labute approximate surface area is 141 Å². The number of amides is 1. The van der Waals surface area contributed by atoms with E-state index in [1.807, 2.05) is 30.5 Å². The molecule has 0 spiro atoms. The second-order valence-electron chi connectivity index (χ2n) is 5.51. The molecule has 0 aliphatic rings. The predicted octanol–water partition coefficient (Wildman–Crippen LogP) is 4.04. The van der Waals surface area contributed by atoms with Crippen molar-refractivity contribution in [3.8, 4) is 5.75 Å². The van der Waals surface area contributed by atoms with E-state index in [0.29, 0.717) is 12.1 Å². The summed E-state index contributed by atoms with van der Waals surface area (Å²) in [6.07, 6.45) is -2.55. The number of aromatic nitrogens is 1. The van der Waals surface area contributed by atoms with Crippen LogP contribution in [0.4, 0.5) is 13.2 Å². The molecule has 1 heterocycles. The first-order valence-corrected chi connectivity index (χ1v) is 7.54. The molecule has 4 nitrogen and oxygen atoms in total. The quantitative estimate of drug-likeness (QED) is 0.731. The lowest BCUT2D eigenvalue weighted by atomic mass is 10.1. The average Bonchev–Trinajstić information content (AvgIpc) is 3.05. The van der Waals surface area contributed by atoms with Crippen LogP contribution < -0.4 is 10.1 Å². The van der Waals surface area contributed by atoms with Crippen LogP contribution in [0.5, 0.6) is 5.75 Å². The lowest BCUT2D eigenvalue weighted by Crippen LogP contribution is -2.22. The lowest BCUT2D eigenvalue weighted by Gasteiger charge is -2.10. The number of nitrogens with one attached hydrogen (secondary N) is 2. The smallest absolute Gasteiger partial charge is 0.422 e. The van der Waals surface area contributed by atoms with Crippen molar-refractivity contribution in [3.05, 3.63) is 65.9 Å². The largest absolute Gasteiger partial charge is 0.484 e. The van der Waals surface area contributed by atoms with Crippen LogP contribution in [0, 0.1) is 0 Å². The van der Waals surface area contributed by atoms with Gasteiger partial charge in [0.05, 0.1) is 0 Å². The summed E-state index contributed by atoms with van der Waals surface area (Å²) < 4.78 is 40.9. The van der Waals surface area contributed by atoms with Crippen LogP contribution in [0.1, 0.15) is 15.9 Å². The van der Waals surface area contributed by atoms with Crippen LogP contribution in [-0.4, -0.2) is 23.7 Å². The average molecular weight is 348 g/mol. The minimum atomic E-state index is -4.39. The Balaban J connectivity index is 1.57. The van der Waals surface area contributed by atoms with Gasteiger partial charge in [0.25, 0.3) is 5.91 Å². The summed E-state index contributed by atoms with van der Waals surface area (Å²) in [6.45, 7) is -1.01. The van der Waals surface area contributed by atoms with Gasteiger partial charge >= 0.3 is 6.18 Å². The van der Waals surface area contributed by atoms with E-state index in [4.69, 9.17) is 0 Å². The summed E-state index contributed by atoms with van der Waals surface area (Å²) in [5, 5.41) is 3.83. The topological polar surface area (TPSA) is 54.1 Å². The highest BCUT2D eigenvalue weighted by atomic mass is 19.4. The number of hydrogen-bond acceptors (Lipinski definition) is 2. The van der Waals surface area contributed by atoms with Crippen molar-refractivity contribution < 1.29 is 22.7 Å². The monoisotopic (exact) mass is 348 g/mol. The van der Waals surface area contributed by atoms with Crippen molar-refractivity contribution in [3.63, 3.8) is 0 Å². The molecule has 2 aromatic carbocycles. The molecule has 0 radical (unpaired) electrons. The standard InChI is InChI=1S/C18H15F3N2O2/c19-18(20,21)11-25-15-4-2-13(3-5-15)17(24)23-10-12-1-6-16-14(9-12)7-8-22-16/h1-9,22H,10-11H2,(H,23,24). The highest BCUT2D eigenvalue weighted by Crippen LogP contribution is 2.19. The number of rotatable bonds is 5. The molecule has 0 unspecified atom stereocenters. The van der Waals surface area contributed by atoms with E-state index in [1.165, 1.54) is 24.3 Å². The number of hydrogen-bond donors (Lipinski definition) is 2. The van der Waals surface area contributed by atoms with Crippen LogP contribution in [0.3, 0.4) is 0 Å². The first-order valence-electron chi connectivity index (χ1n) is 7.54. The number of fused-ring (bicyclic) bond motifs is 1. The zero-order valence-electron chi connectivity index (χ0n) is 13.1. The van der Waals surface area contributed by atoms with Crippen molar-refractivity contribution in [2.45, 2.75) is 12.7 Å². The minimum Gasteiger partial charge on any atom is -0.484 e. The molecule has 0 aliphatic heterocycles. The third-order valence-electron chi connectivity index (χ3n) is 3.59. The Morgan fingerprint density at radius 3 is 2.56 bits per heavy atom. The van der Waals surface area contributed by atoms with E-state index >= 15 is 0 Å². The maximum atomic E-state index is 12.1. The Bertz CT molecular complexity index is 870. The molecule has 0 atom stereocenters. The molecule has 3 rings (SSSR count). The number of carbonyl (C=O) groups is 1. The molecule has 2 N–H and O–H groups in total. The number of ether oxygens (including phenoxy) is 1. The third-order valence-corrected chi connectivity index (χ3v) is 3.59. The van der Waals surface area contributed by atoms with E-state index in [-0.39, 0.29) is 11.7 Å². The summed E-state index contributed by atoms with van der Waals surface area (Å²) in [5.41, 5.74) is 2.32. The minimum absolute atomic E-state index is 0.0618. The fraction of sp³-hybridized carbons (Fsp3) is 0.167. The molecule has 0 fully saturated rings. The van der Waals surface area contributed by atoms with Gasteiger partial charge in [0, 0.05) is 23.8 Å². The van der Waals surface area contributed by atoms with E-state index in [9.17, 15) is 18.0 Å². The summed E-state index contributed by atoms with van der Waals surface area (Å²) in [4.78, 5) is 15.2. The van der Waals surface area contributed by atoms with E-state index in [2.05, 4.69) is 15.0 Å². The molecule has 7 heteroatoms. The van der Waals surface area contributed by atoms with Crippen LogP contribution in [0.15, 0.2) is 54.7 Å². The molecule has 130 valence electrons. The number of aromatic amines is 1. The Kier molecular flexibility index (Phi) is 4.65. The summed E-state index contributed by atoms with van der Waals surface area (Å²) in [5.74, 6) is -0.247. The van der Waals surface area contributed by atoms with Gasteiger partial charge in [-0.3, -0.25) is 4.79 Å². The Morgan fingerprint density at radius 1 is 1.08 bits per heavy atom. The molecule has 0 aliphatic carbocycles. The van der Waals surface area contributed by atoms with E-state index < -0.39 is 12.8 Å². The zero-order chi connectivity index (χ0) is 17.9. The van der Waals surface area contributed by atoms with Crippen LogP contribution in [0.2, 0.25) is 0 Å². The summed E-state index contributed by atoms with van der Waals surface area (Å²) >= 11 is 0. The van der Waals surface area contributed by atoms with Crippen LogP contribution in [-0.2, 0) is 6.54 Å². The second kappa shape index (κ2) is 6.88. The van der Waals surface area contributed by atoms with E-state index in [1.54, 1.807) is 0 Å². The molecular formula is C18H15F3N2O2. The van der Waals surface area contributed by atoms with Crippen molar-refractivity contribution in [2.75, 3.05) is 6.61 Å². The molecule has 0 bridgehead atoms. The molecule has 0 saturated carbocycles. The van der Waals surface area contributed by atoms with Crippen molar-refractivity contribution >= 4 is 16.8 Å². The third kappa shape index (κ3) is 4.53. The van der Waals surface area contributed by atoms with Gasteiger partial charge in [0.1, 0.15) is 5.75 Å². The van der Waals surface area contributed by atoms with Gasteiger partial charge in [-0.1, -0.05) is 6.07 Å². The lowest BCUT2D eigenvalue weighted by molar-refractivity contribution is -0.153. The van der Waals surface area contributed by atoms with Crippen LogP contribution in [0.25, 0.3) is 10.9 Å². The maximum absolute atomic E-state index is 12.1. The van der Waals surface area contributed by atoms with Gasteiger partial charge in [-0.25, -0.2) is 0 Å². The Hall–Kier alpha value is -2.96. The SMILES string of the molecule is O=C(NCc1ccc2[nH]ccc2c1)c1ccc(OCC(F)(F)F)cc1. The van der Waals surface area contributed by atoms with Crippen molar-refractivity contribution in [1.29, 1.82) is 0 Å². The number of alkyl halides is 3. The maximum Gasteiger partial charge on any atom is 0.422 e. The summed E-state index contributed by atoms with van der Waals surface area (Å²) in [6, 6.07) is 13.3. The van der Waals surface area contributed by atoms with E-state index in [0.717, 1.165) is 16.5 Å². The summed E-state index contributed by atoms with van der Waals surface area (Å²) in [7, 11) is 0. The number of benzene rings is 2. The molecular weight excluding hydrogens is 333 g/mol. The first-order chi connectivity index (χ1) is 11.9. The van der Waals surface area contributed by atoms with Crippen molar-refractivity contribution in [2.24, 2.45) is 0 Å². The van der Waals surface area contributed by atoms with Gasteiger partial charge in [0.15, 0.2) is 6.61 Å². The number of halogens is 3. The fourth-order valence-electron chi connectivity index (χ4n) is 2.36. The highest BCUT2D eigenvalue weighted by Gasteiger charge is 2.28. The molecule has 3 aromatic rings.